The van der Waals surface area contributed by atoms with Gasteiger partial charge in [-0.3, -0.25) is 9.69 Å². The molecule has 0 bridgehead atoms. The fourth-order valence-corrected chi connectivity index (χ4v) is 3.78. The van der Waals surface area contributed by atoms with Crippen molar-refractivity contribution in [2.24, 2.45) is 0 Å². The Bertz CT molecular complexity index is 1040. The van der Waals surface area contributed by atoms with E-state index in [0.29, 0.717) is 16.8 Å². The summed E-state index contributed by atoms with van der Waals surface area (Å²) in [7, 11) is 0. The third-order valence-corrected chi connectivity index (χ3v) is 5.50. The van der Waals surface area contributed by atoms with Crippen molar-refractivity contribution < 1.29 is 9.18 Å². The lowest BCUT2D eigenvalue weighted by atomic mass is 9.93. The molecule has 1 amide bonds. The van der Waals surface area contributed by atoms with Crippen LogP contribution in [0, 0.1) is 5.82 Å². The molecular weight excluding hydrogens is 417 g/mol. The number of aromatic nitrogens is 2. The van der Waals surface area contributed by atoms with Crippen molar-refractivity contribution in [3.8, 4) is 0 Å². The minimum absolute atomic E-state index is 0.205. The molecule has 2 N–H and O–H groups in total. The van der Waals surface area contributed by atoms with Gasteiger partial charge in [-0.15, -0.1) is 0 Å². The molecule has 1 aliphatic rings. The van der Waals surface area contributed by atoms with E-state index in [1.807, 2.05) is 24.3 Å². The maximum absolute atomic E-state index is 13.7. The zero-order valence-electron chi connectivity index (χ0n) is 16.9. The lowest BCUT2D eigenvalue weighted by molar-refractivity contribution is -0.117. The van der Waals surface area contributed by atoms with E-state index in [2.05, 4.69) is 20.5 Å². The maximum atomic E-state index is 13.7. The van der Waals surface area contributed by atoms with Crippen LogP contribution in [0.3, 0.4) is 0 Å². The number of hydrogen-bond donors (Lipinski definition) is 2. The van der Waals surface area contributed by atoms with Gasteiger partial charge in [0.05, 0.1) is 17.3 Å². The Morgan fingerprint density at radius 3 is 2.61 bits per heavy atom. The van der Waals surface area contributed by atoms with E-state index in [4.69, 9.17) is 16.6 Å². The summed E-state index contributed by atoms with van der Waals surface area (Å²) in [6.45, 7) is 1.82. The van der Waals surface area contributed by atoms with Crippen molar-refractivity contribution in [1.29, 1.82) is 0 Å². The first kappa shape index (κ1) is 21.2. The van der Waals surface area contributed by atoms with Gasteiger partial charge in [0.1, 0.15) is 17.5 Å². The molecule has 4 rings (SSSR count). The number of hydrogen-bond acceptors (Lipinski definition) is 5. The second kappa shape index (κ2) is 9.85. The molecule has 160 valence electrons. The number of carbonyl (C=O) groups excluding carboxylic acids is 1. The summed E-state index contributed by atoms with van der Waals surface area (Å²) in [5.74, 6) is 1.11. The number of benzene rings is 1. The summed E-state index contributed by atoms with van der Waals surface area (Å²) < 4.78 is 13.7. The zero-order chi connectivity index (χ0) is 21.6. The summed E-state index contributed by atoms with van der Waals surface area (Å²) in [4.78, 5) is 23.3. The largest absolute Gasteiger partial charge is 0.325 e. The van der Waals surface area contributed by atoms with Gasteiger partial charge in [-0.25, -0.2) is 14.4 Å². The van der Waals surface area contributed by atoms with Crippen LogP contribution >= 0.6 is 11.6 Å². The molecule has 0 unspecified atom stereocenters. The topological polar surface area (TPSA) is 70.2 Å². The summed E-state index contributed by atoms with van der Waals surface area (Å²) in [6.07, 6.45) is 3.40. The monoisotopic (exact) mass is 439 g/mol. The minimum Gasteiger partial charge on any atom is -0.325 e. The number of likely N-dealkylation sites (tertiary alicyclic amines) is 1. The summed E-state index contributed by atoms with van der Waals surface area (Å²) in [6, 6.07) is 15.7. The van der Waals surface area contributed by atoms with Crippen LogP contribution in [0.15, 0.2) is 60.8 Å². The van der Waals surface area contributed by atoms with Crippen LogP contribution in [-0.4, -0.2) is 40.4 Å². The number of carbonyl (C=O) groups is 1. The number of para-hydroxylation sites is 1. The first-order valence-corrected chi connectivity index (χ1v) is 10.6. The van der Waals surface area contributed by atoms with Gasteiger partial charge >= 0.3 is 0 Å². The minimum atomic E-state index is -0.428. The molecule has 0 aliphatic carbocycles. The number of anilines is 3. The molecule has 8 heteroatoms. The van der Waals surface area contributed by atoms with Crippen LogP contribution in [-0.2, 0) is 4.79 Å². The first-order valence-electron chi connectivity index (χ1n) is 10.2. The number of nitrogens with zero attached hydrogens (tertiary/aromatic N) is 3. The van der Waals surface area contributed by atoms with Crippen molar-refractivity contribution in [2.45, 2.75) is 18.8 Å². The molecule has 1 aromatic carbocycles. The van der Waals surface area contributed by atoms with Crippen LogP contribution < -0.4 is 10.6 Å². The number of pyridine rings is 2. The molecule has 3 aromatic rings. The van der Waals surface area contributed by atoms with E-state index in [0.717, 1.165) is 37.4 Å². The number of halogens is 2. The predicted molar refractivity (Wildman–Crippen MR) is 120 cm³/mol. The third kappa shape index (κ3) is 5.77. The fourth-order valence-electron chi connectivity index (χ4n) is 3.67. The summed E-state index contributed by atoms with van der Waals surface area (Å²) in [5, 5.41) is 6.43. The second-order valence-corrected chi connectivity index (χ2v) is 7.95. The van der Waals surface area contributed by atoms with Crippen LogP contribution in [0.4, 0.5) is 21.7 Å². The summed E-state index contributed by atoms with van der Waals surface area (Å²) in [5.41, 5.74) is 1.24. The van der Waals surface area contributed by atoms with Crippen LogP contribution in [0.25, 0.3) is 0 Å². The molecule has 0 saturated carbocycles. The maximum Gasteiger partial charge on any atom is 0.238 e. The molecule has 3 heterocycles. The number of rotatable bonds is 6. The Hall–Kier alpha value is -3.03. The van der Waals surface area contributed by atoms with Crippen molar-refractivity contribution in [3.63, 3.8) is 0 Å². The third-order valence-electron chi connectivity index (χ3n) is 5.28. The van der Waals surface area contributed by atoms with Gasteiger partial charge in [0.25, 0.3) is 0 Å². The number of amides is 1. The highest BCUT2D eigenvalue weighted by atomic mass is 35.5. The molecule has 6 nitrogen and oxygen atoms in total. The highest BCUT2D eigenvalue weighted by Crippen LogP contribution is 2.28. The smallest absolute Gasteiger partial charge is 0.238 e. The fraction of sp³-hybridized carbons (Fsp3) is 0.261. The van der Waals surface area contributed by atoms with E-state index in [-0.39, 0.29) is 18.1 Å². The lowest BCUT2D eigenvalue weighted by Gasteiger charge is -2.31. The predicted octanol–water partition coefficient (Wildman–Crippen LogP) is 4.83. The van der Waals surface area contributed by atoms with Crippen molar-refractivity contribution in [2.75, 3.05) is 30.3 Å². The molecule has 0 radical (unpaired) electrons. The molecule has 1 aliphatic heterocycles. The van der Waals surface area contributed by atoms with Crippen molar-refractivity contribution in [1.82, 2.24) is 14.9 Å². The first-order chi connectivity index (χ1) is 15.1. The molecule has 0 atom stereocenters. The van der Waals surface area contributed by atoms with E-state index >= 15 is 0 Å². The Labute approximate surface area is 185 Å². The Morgan fingerprint density at radius 2 is 1.87 bits per heavy atom. The van der Waals surface area contributed by atoms with Crippen molar-refractivity contribution >= 4 is 34.8 Å². The Morgan fingerprint density at radius 1 is 1.06 bits per heavy atom. The van der Waals surface area contributed by atoms with Gasteiger partial charge in [0, 0.05) is 17.8 Å². The molecule has 1 saturated heterocycles. The Kier molecular flexibility index (Phi) is 6.74. The average Bonchev–Trinajstić information content (AvgIpc) is 2.78. The van der Waals surface area contributed by atoms with Crippen LogP contribution in [0.2, 0.25) is 5.02 Å². The molecular formula is C23H23ClFN5O. The van der Waals surface area contributed by atoms with Gasteiger partial charge in [-0.1, -0.05) is 29.8 Å². The van der Waals surface area contributed by atoms with Gasteiger partial charge in [0.2, 0.25) is 5.91 Å². The average molecular weight is 440 g/mol. The lowest BCUT2D eigenvalue weighted by Crippen LogP contribution is -2.39. The van der Waals surface area contributed by atoms with Gasteiger partial charge < -0.3 is 10.6 Å². The van der Waals surface area contributed by atoms with Gasteiger partial charge in [-0.2, -0.15) is 0 Å². The van der Waals surface area contributed by atoms with E-state index in [1.54, 1.807) is 30.5 Å². The second-order valence-electron chi connectivity index (χ2n) is 7.51. The van der Waals surface area contributed by atoms with E-state index < -0.39 is 5.82 Å². The van der Waals surface area contributed by atoms with E-state index in [9.17, 15) is 9.18 Å². The number of piperidine rings is 1. The van der Waals surface area contributed by atoms with Gasteiger partial charge in [0.15, 0.2) is 0 Å². The number of nitrogens with one attached hydrogen (secondary N) is 2. The molecule has 31 heavy (non-hydrogen) atoms. The molecule has 0 spiro atoms. The van der Waals surface area contributed by atoms with Crippen LogP contribution in [0.5, 0.6) is 0 Å². The Balaban J connectivity index is 1.30. The van der Waals surface area contributed by atoms with Crippen molar-refractivity contribution in [3.05, 3.63) is 77.3 Å². The highest BCUT2D eigenvalue weighted by molar-refractivity contribution is 6.30. The van der Waals surface area contributed by atoms with Gasteiger partial charge in [-0.05, 0) is 62.3 Å². The SMILES string of the molecule is O=C(CN1CCC(c2cccc(Nc3ccc(Cl)cn3)n2)CC1)Nc1ccccc1F. The zero-order valence-corrected chi connectivity index (χ0v) is 17.6. The summed E-state index contributed by atoms with van der Waals surface area (Å²) >= 11 is 5.88. The standard InChI is InChI=1S/C23H23ClFN5O/c24-17-8-9-21(26-14-17)29-22-7-3-6-19(27-22)16-10-12-30(13-11-16)15-23(31)28-20-5-2-1-4-18(20)25/h1-9,14,16H,10-13,15H2,(H,28,31)(H,26,27,29). The van der Waals surface area contributed by atoms with E-state index in [1.165, 1.54) is 6.07 Å². The molecule has 2 aromatic heterocycles. The highest BCUT2D eigenvalue weighted by Gasteiger charge is 2.23. The molecule has 1 fully saturated rings. The normalized spacial score (nSPS) is 14.9. The quantitative estimate of drug-likeness (QED) is 0.575. The van der Waals surface area contributed by atoms with Crippen LogP contribution in [0.1, 0.15) is 24.5 Å².